The molecular weight excluding hydrogens is 362 g/mol. The van der Waals surface area contributed by atoms with Crippen LogP contribution in [0.4, 0.5) is 5.69 Å². The van der Waals surface area contributed by atoms with Crippen LogP contribution >= 0.6 is 38.9 Å². The van der Waals surface area contributed by atoms with Gasteiger partial charge in [0.1, 0.15) is 5.02 Å². The molecule has 108 valence electrons. The summed E-state index contributed by atoms with van der Waals surface area (Å²) in [7, 11) is 0. The highest BCUT2D eigenvalue weighted by atomic mass is 79.9. The van der Waals surface area contributed by atoms with E-state index < -0.39 is 0 Å². The Morgan fingerprint density at radius 1 is 1.55 bits per heavy atom. The maximum Gasteiger partial charge on any atom is 0.287 e. The molecule has 2 aromatic rings. The van der Waals surface area contributed by atoms with E-state index in [4.69, 9.17) is 11.6 Å². The number of anilines is 1. The smallest absolute Gasteiger partial charge is 0.287 e. The zero-order valence-electron chi connectivity index (χ0n) is 11.2. The molecule has 2 heterocycles. The van der Waals surface area contributed by atoms with Gasteiger partial charge >= 0.3 is 0 Å². The van der Waals surface area contributed by atoms with Gasteiger partial charge in [0.25, 0.3) is 5.56 Å². The van der Waals surface area contributed by atoms with Gasteiger partial charge in [-0.15, -0.1) is 11.3 Å². The third-order valence-corrected chi connectivity index (χ3v) is 4.66. The predicted octanol–water partition coefficient (Wildman–Crippen LogP) is 3.99. The van der Waals surface area contributed by atoms with Crippen LogP contribution in [0.5, 0.6) is 0 Å². The van der Waals surface area contributed by atoms with E-state index in [1.165, 1.54) is 4.68 Å². The fourth-order valence-electron chi connectivity index (χ4n) is 1.69. The number of aromatic nitrogens is 2. The lowest BCUT2D eigenvalue weighted by atomic mass is 10.2. The second-order valence-corrected chi connectivity index (χ2v) is 7.13. The molecule has 0 spiro atoms. The van der Waals surface area contributed by atoms with Gasteiger partial charge in [0.2, 0.25) is 0 Å². The summed E-state index contributed by atoms with van der Waals surface area (Å²) in [6.45, 7) is 5.24. The van der Waals surface area contributed by atoms with Crippen LogP contribution in [-0.4, -0.2) is 9.78 Å². The Hall–Kier alpha value is -0.850. The Labute approximate surface area is 134 Å². The fourth-order valence-corrected chi connectivity index (χ4v) is 3.30. The molecule has 0 fully saturated rings. The summed E-state index contributed by atoms with van der Waals surface area (Å²) in [4.78, 5) is 13.2. The first-order valence-corrected chi connectivity index (χ1v) is 8.25. The molecule has 0 atom stereocenters. The van der Waals surface area contributed by atoms with Gasteiger partial charge in [0.05, 0.1) is 11.9 Å². The quantitative estimate of drug-likeness (QED) is 0.858. The van der Waals surface area contributed by atoms with Crippen molar-refractivity contribution < 1.29 is 0 Å². The molecule has 0 bridgehead atoms. The summed E-state index contributed by atoms with van der Waals surface area (Å²) in [5.74, 6) is 0.346. The van der Waals surface area contributed by atoms with Crippen molar-refractivity contribution in [3.63, 3.8) is 0 Å². The number of rotatable bonds is 5. The van der Waals surface area contributed by atoms with Crippen LogP contribution in [-0.2, 0) is 13.1 Å². The first-order chi connectivity index (χ1) is 9.47. The van der Waals surface area contributed by atoms with Crippen molar-refractivity contribution in [2.24, 2.45) is 5.92 Å². The molecule has 0 aromatic carbocycles. The maximum absolute atomic E-state index is 12.1. The molecule has 0 unspecified atom stereocenters. The van der Waals surface area contributed by atoms with Gasteiger partial charge < -0.3 is 5.32 Å². The van der Waals surface area contributed by atoms with Crippen molar-refractivity contribution in [3.8, 4) is 0 Å². The summed E-state index contributed by atoms with van der Waals surface area (Å²) >= 11 is 11.2. The van der Waals surface area contributed by atoms with Gasteiger partial charge in [0, 0.05) is 27.8 Å². The first-order valence-electron chi connectivity index (χ1n) is 6.19. The SMILES string of the molecule is CC(C)Cn1ncc(NCc2cc(Br)cs2)c(Cl)c1=O. The third kappa shape index (κ3) is 3.84. The Kier molecular flexibility index (Phi) is 5.23. The van der Waals surface area contributed by atoms with Crippen molar-refractivity contribution in [1.29, 1.82) is 0 Å². The minimum Gasteiger partial charge on any atom is -0.377 e. The normalized spacial score (nSPS) is 11.1. The van der Waals surface area contributed by atoms with E-state index in [0.29, 0.717) is 24.7 Å². The number of nitrogens with one attached hydrogen (secondary N) is 1. The average Bonchev–Trinajstić information content (AvgIpc) is 2.79. The Morgan fingerprint density at radius 3 is 2.90 bits per heavy atom. The van der Waals surface area contributed by atoms with E-state index in [1.54, 1.807) is 17.5 Å². The largest absolute Gasteiger partial charge is 0.377 e. The standard InChI is InChI=1S/C13H15BrClN3OS/c1-8(2)6-18-13(19)12(15)11(5-17-18)16-4-10-3-9(14)7-20-10/h3,5,7-8,16H,4,6H2,1-2H3. The van der Waals surface area contributed by atoms with Gasteiger partial charge in [-0.25, -0.2) is 4.68 Å². The van der Waals surface area contributed by atoms with Crippen LogP contribution in [0.2, 0.25) is 5.02 Å². The van der Waals surface area contributed by atoms with Crippen LogP contribution in [0.3, 0.4) is 0 Å². The van der Waals surface area contributed by atoms with Crippen LogP contribution < -0.4 is 10.9 Å². The molecule has 2 rings (SSSR count). The van der Waals surface area contributed by atoms with Crippen LogP contribution in [0, 0.1) is 5.92 Å². The molecular formula is C13H15BrClN3OS. The lowest BCUT2D eigenvalue weighted by Crippen LogP contribution is -2.26. The monoisotopic (exact) mass is 375 g/mol. The average molecular weight is 377 g/mol. The number of halogens is 2. The molecule has 0 saturated heterocycles. The minimum absolute atomic E-state index is 0.191. The van der Waals surface area contributed by atoms with Crippen molar-refractivity contribution in [2.45, 2.75) is 26.9 Å². The molecule has 0 amide bonds. The van der Waals surface area contributed by atoms with Crippen LogP contribution in [0.25, 0.3) is 0 Å². The number of thiophene rings is 1. The molecule has 0 aliphatic heterocycles. The summed E-state index contributed by atoms with van der Waals surface area (Å²) in [5.41, 5.74) is 0.318. The van der Waals surface area contributed by atoms with Gasteiger partial charge in [-0.3, -0.25) is 4.79 Å². The summed E-state index contributed by atoms with van der Waals surface area (Å²) < 4.78 is 2.45. The van der Waals surface area contributed by atoms with Gasteiger partial charge in [-0.1, -0.05) is 25.4 Å². The topological polar surface area (TPSA) is 46.9 Å². The zero-order valence-corrected chi connectivity index (χ0v) is 14.3. The van der Waals surface area contributed by atoms with E-state index >= 15 is 0 Å². The summed E-state index contributed by atoms with van der Waals surface area (Å²) in [6.07, 6.45) is 1.61. The van der Waals surface area contributed by atoms with Gasteiger partial charge in [-0.2, -0.15) is 5.10 Å². The molecule has 1 N–H and O–H groups in total. The lowest BCUT2D eigenvalue weighted by Gasteiger charge is -2.11. The van der Waals surface area contributed by atoms with E-state index in [1.807, 2.05) is 25.3 Å². The number of nitrogens with zero attached hydrogens (tertiary/aromatic N) is 2. The van der Waals surface area contributed by atoms with Crippen molar-refractivity contribution in [2.75, 3.05) is 5.32 Å². The number of hydrogen-bond acceptors (Lipinski definition) is 4. The van der Waals surface area contributed by atoms with Crippen molar-refractivity contribution in [1.82, 2.24) is 9.78 Å². The van der Waals surface area contributed by atoms with Crippen molar-refractivity contribution >= 4 is 44.6 Å². The highest BCUT2D eigenvalue weighted by Crippen LogP contribution is 2.22. The predicted molar refractivity (Wildman–Crippen MR) is 87.7 cm³/mol. The third-order valence-electron chi connectivity index (χ3n) is 2.60. The Balaban J connectivity index is 2.13. The van der Waals surface area contributed by atoms with Gasteiger partial charge in [0.15, 0.2) is 0 Å². The zero-order chi connectivity index (χ0) is 14.7. The second kappa shape index (κ2) is 6.74. The number of hydrogen-bond donors (Lipinski definition) is 1. The molecule has 7 heteroatoms. The molecule has 0 aliphatic carbocycles. The van der Waals surface area contributed by atoms with E-state index in [-0.39, 0.29) is 10.6 Å². The van der Waals surface area contributed by atoms with E-state index in [9.17, 15) is 4.79 Å². The Bertz CT molecular complexity index is 653. The molecule has 0 aliphatic rings. The maximum atomic E-state index is 12.1. The molecule has 20 heavy (non-hydrogen) atoms. The summed E-state index contributed by atoms with van der Waals surface area (Å²) in [5, 5.41) is 9.50. The summed E-state index contributed by atoms with van der Waals surface area (Å²) in [6, 6.07) is 2.03. The highest BCUT2D eigenvalue weighted by molar-refractivity contribution is 9.10. The Morgan fingerprint density at radius 2 is 2.30 bits per heavy atom. The fraction of sp³-hybridized carbons (Fsp3) is 0.385. The van der Waals surface area contributed by atoms with Crippen molar-refractivity contribution in [3.05, 3.63) is 42.4 Å². The minimum atomic E-state index is -0.252. The van der Waals surface area contributed by atoms with Crippen LogP contribution in [0.1, 0.15) is 18.7 Å². The van der Waals surface area contributed by atoms with Gasteiger partial charge in [-0.05, 0) is 27.9 Å². The van der Waals surface area contributed by atoms with E-state index in [2.05, 4.69) is 26.3 Å². The van der Waals surface area contributed by atoms with E-state index in [0.717, 1.165) is 9.35 Å². The highest BCUT2D eigenvalue weighted by Gasteiger charge is 2.10. The second-order valence-electron chi connectivity index (χ2n) is 4.84. The molecule has 2 aromatic heterocycles. The van der Waals surface area contributed by atoms with Crippen LogP contribution in [0.15, 0.2) is 26.9 Å². The lowest BCUT2D eigenvalue weighted by molar-refractivity contribution is 0.464. The first kappa shape index (κ1) is 15.5. The molecule has 0 radical (unpaired) electrons. The molecule has 0 saturated carbocycles. The molecule has 4 nitrogen and oxygen atoms in total.